The second kappa shape index (κ2) is 6.93. The third kappa shape index (κ3) is 3.19. The largest absolute Gasteiger partial charge is 0.382 e. The van der Waals surface area contributed by atoms with E-state index in [0.717, 1.165) is 28.8 Å². The van der Waals surface area contributed by atoms with Crippen LogP contribution < -0.4 is 16.4 Å². The normalized spacial score (nSPS) is 12.6. The highest BCUT2D eigenvalue weighted by atomic mass is 16.2. The van der Waals surface area contributed by atoms with E-state index in [1.54, 1.807) is 22.9 Å². The Morgan fingerprint density at radius 2 is 2.11 bits per heavy atom. The summed E-state index contributed by atoms with van der Waals surface area (Å²) < 4.78 is 1.64. The maximum atomic E-state index is 11.9. The number of aromatic nitrogens is 2. The number of benzene rings is 2. The number of nitrogens with zero attached hydrogens (tertiary/aromatic N) is 2. The van der Waals surface area contributed by atoms with Crippen molar-refractivity contribution in [2.45, 2.75) is 6.42 Å². The fourth-order valence-electron chi connectivity index (χ4n) is 3.23. The first kappa shape index (κ1) is 17.4. The van der Waals surface area contributed by atoms with Gasteiger partial charge in [0.25, 0.3) is 11.8 Å². The number of carbonyl (C=O) groups is 2. The number of anilines is 2. The van der Waals surface area contributed by atoms with Crippen molar-refractivity contribution in [3.63, 3.8) is 0 Å². The van der Waals surface area contributed by atoms with Crippen molar-refractivity contribution >= 4 is 23.3 Å². The summed E-state index contributed by atoms with van der Waals surface area (Å²) in [6, 6.07) is 12.8. The number of nitrogens with one attached hydrogen (secondary N) is 2. The first-order valence-electron chi connectivity index (χ1n) is 8.70. The molecule has 2 amide bonds. The molecule has 1 aliphatic rings. The Morgan fingerprint density at radius 1 is 1.25 bits per heavy atom. The number of nitrogen functional groups attached to an aromatic ring is 1. The van der Waals surface area contributed by atoms with Crippen LogP contribution in [0.1, 0.15) is 15.9 Å². The molecule has 0 atom stereocenters. The van der Waals surface area contributed by atoms with Crippen LogP contribution in [0.2, 0.25) is 0 Å². The van der Waals surface area contributed by atoms with Crippen LogP contribution in [0.3, 0.4) is 0 Å². The van der Waals surface area contributed by atoms with Crippen LogP contribution in [0.5, 0.6) is 0 Å². The Balaban J connectivity index is 1.68. The maximum absolute atomic E-state index is 11.9. The number of amides is 2. The quantitative estimate of drug-likeness (QED) is 0.613. The number of terminal acetylenes is 1. The lowest BCUT2D eigenvalue weighted by molar-refractivity contribution is -0.111. The molecule has 2 heterocycles. The molecule has 28 heavy (non-hydrogen) atoms. The molecule has 138 valence electrons. The van der Waals surface area contributed by atoms with Crippen molar-refractivity contribution in [2.24, 2.45) is 0 Å². The van der Waals surface area contributed by atoms with E-state index in [2.05, 4.69) is 15.7 Å². The average Bonchev–Trinajstić information content (AvgIpc) is 3.10. The zero-order valence-corrected chi connectivity index (χ0v) is 14.9. The molecule has 1 aromatic heterocycles. The monoisotopic (exact) mass is 371 g/mol. The van der Waals surface area contributed by atoms with Gasteiger partial charge < -0.3 is 16.4 Å². The van der Waals surface area contributed by atoms with Crippen LogP contribution in [-0.4, -0.2) is 28.1 Å². The molecule has 0 saturated carbocycles. The van der Waals surface area contributed by atoms with Crippen molar-refractivity contribution in [3.05, 3.63) is 59.8 Å². The second-order valence-electron chi connectivity index (χ2n) is 6.40. The summed E-state index contributed by atoms with van der Waals surface area (Å²) in [5, 5.41) is 9.83. The molecule has 4 rings (SSSR count). The molecule has 0 aliphatic carbocycles. The minimum absolute atomic E-state index is 0.0534. The predicted molar refractivity (Wildman–Crippen MR) is 107 cm³/mol. The Labute approximate surface area is 161 Å². The van der Waals surface area contributed by atoms with E-state index in [1.807, 2.05) is 36.4 Å². The van der Waals surface area contributed by atoms with Crippen molar-refractivity contribution in [1.29, 1.82) is 0 Å². The first-order valence-corrected chi connectivity index (χ1v) is 8.70. The van der Waals surface area contributed by atoms with E-state index < -0.39 is 5.91 Å². The first-order chi connectivity index (χ1) is 13.5. The Morgan fingerprint density at radius 3 is 2.93 bits per heavy atom. The number of carbonyl (C=O) groups excluding carboxylic acids is 2. The van der Waals surface area contributed by atoms with Gasteiger partial charge in [-0.15, -0.1) is 6.42 Å². The third-order valence-electron chi connectivity index (χ3n) is 4.58. The fourth-order valence-corrected chi connectivity index (χ4v) is 3.23. The van der Waals surface area contributed by atoms with Gasteiger partial charge in [0.1, 0.15) is 0 Å². The maximum Gasteiger partial charge on any atom is 0.300 e. The second-order valence-corrected chi connectivity index (χ2v) is 6.40. The molecule has 0 fully saturated rings. The van der Waals surface area contributed by atoms with Gasteiger partial charge in [0.2, 0.25) is 0 Å². The lowest BCUT2D eigenvalue weighted by Gasteiger charge is -2.17. The van der Waals surface area contributed by atoms with Gasteiger partial charge in [-0.1, -0.05) is 18.2 Å². The molecular formula is C21H17N5O2. The van der Waals surface area contributed by atoms with Gasteiger partial charge in [-0.2, -0.15) is 5.10 Å². The highest BCUT2D eigenvalue weighted by Gasteiger charge is 2.18. The van der Waals surface area contributed by atoms with Gasteiger partial charge in [-0.3, -0.25) is 9.59 Å². The molecule has 2 aromatic carbocycles. The standard InChI is InChI=1S/C21H17N5O2/c1-2-19(27)24-15-4-3-5-16(11-15)26-12-18(20(22)25-26)13-6-7-17-14(10-13)8-9-23-21(17)28/h1,3-7,10-12H,8-9H2,(H2,22,25)(H,23,28)(H,24,27). The molecule has 0 radical (unpaired) electrons. The molecule has 0 saturated heterocycles. The summed E-state index contributed by atoms with van der Waals surface area (Å²) in [6.45, 7) is 0.625. The number of fused-ring (bicyclic) bond motifs is 1. The van der Waals surface area contributed by atoms with E-state index >= 15 is 0 Å². The van der Waals surface area contributed by atoms with E-state index in [-0.39, 0.29) is 5.91 Å². The van der Waals surface area contributed by atoms with Gasteiger partial charge in [0, 0.05) is 29.6 Å². The van der Waals surface area contributed by atoms with E-state index in [9.17, 15) is 9.59 Å². The smallest absolute Gasteiger partial charge is 0.300 e. The minimum atomic E-state index is -0.518. The molecule has 4 N–H and O–H groups in total. The molecule has 3 aromatic rings. The van der Waals surface area contributed by atoms with Crippen molar-refractivity contribution in [3.8, 4) is 29.2 Å². The summed E-state index contributed by atoms with van der Waals surface area (Å²) in [6.07, 6.45) is 7.69. The van der Waals surface area contributed by atoms with Crippen LogP contribution in [0, 0.1) is 12.3 Å². The minimum Gasteiger partial charge on any atom is -0.382 e. The van der Waals surface area contributed by atoms with Crippen LogP contribution in [0.15, 0.2) is 48.7 Å². The molecule has 1 aliphatic heterocycles. The van der Waals surface area contributed by atoms with E-state index in [0.29, 0.717) is 23.6 Å². The van der Waals surface area contributed by atoms with Gasteiger partial charge in [-0.05, 0) is 47.7 Å². The number of hydrogen-bond acceptors (Lipinski definition) is 4. The molecular weight excluding hydrogens is 354 g/mol. The van der Waals surface area contributed by atoms with E-state index in [4.69, 9.17) is 12.2 Å². The summed E-state index contributed by atoms with van der Waals surface area (Å²) in [4.78, 5) is 23.3. The molecule has 7 heteroatoms. The summed E-state index contributed by atoms with van der Waals surface area (Å²) in [7, 11) is 0. The molecule has 0 spiro atoms. The van der Waals surface area contributed by atoms with Gasteiger partial charge in [-0.25, -0.2) is 4.68 Å². The zero-order valence-electron chi connectivity index (χ0n) is 14.9. The lowest BCUT2D eigenvalue weighted by Crippen LogP contribution is -2.31. The molecule has 0 bridgehead atoms. The molecule has 0 unspecified atom stereocenters. The van der Waals surface area contributed by atoms with Crippen LogP contribution in [0.4, 0.5) is 11.5 Å². The number of nitrogens with two attached hydrogens (primary N) is 1. The summed E-state index contributed by atoms with van der Waals surface area (Å²) in [5.74, 6) is 1.82. The van der Waals surface area contributed by atoms with Gasteiger partial charge in [0.15, 0.2) is 5.82 Å². The lowest BCUT2D eigenvalue weighted by atomic mass is 9.96. The number of hydrogen-bond donors (Lipinski definition) is 3. The fraction of sp³-hybridized carbons (Fsp3) is 0.0952. The highest BCUT2D eigenvalue weighted by Crippen LogP contribution is 2.29. The van der Waals surface area contributed by atoms with Crippen molar-refractivity contribution in [1.82, 2.24) is 15.1 Å². The zero-order chi connectivity index (χ0) is 19.7. The third-order valence-corrected chi connectivity index (χ3v) is 4.58. The Kier molecular flexibility index (Phi) is 4.30. The van der Waals surface area contributed by atoms with E-state index in [1.165, 1.54) is 0 Å². The van der Waals surface area contributed by atoms with Crippen LogP contribution in [0.25, 0.3) is 16.8 Å². The van der Waals surface area contributed by atoms with Gasteiger partial charge >= 0.3 is 0 Å². The molecule has 7 nitrogen and oxygen atoms in total. The number of rotatable bonds is 3. The van der Waals surface area contributed by atoms with Crippen LogP contribution >= 0.6 is 0 Å². The highest BCUT2D eigenvalue weighted by molar-refractivity contribution is 6.03. The summed E-state index contributed by atoms with van der Waals surface area (Å²) in [5.41, 5.74) is 10.8. The average molecular weight is 371 g/mol. The Hall–Kier alpha value is -4.05. The van der Waals surface area contributed by atoms with Crippen molar-refractivity contribution < 1.29 is 9.59 Å². The van der Waals surface area contributed by atoms with Gasteiger partial charge in [0.05, 0.1) is 5.69 Å². The SMILES string of the molecule is C#CC(=O)Nc1cccc(-n2cc(-c3ccc4c(c3)CCNC4=O)c(N)n2)c1. The topological polar surface area (TPSA) is 102 Å². The Bertz CT molecular complexity index is 1140. The van der Waals surface area contributed by atoms with Crippen molar-refractivity contribution in [2.75, 3.05) is 17.6 Å². The summed E-state index contributed by atoms with van der Waals surface area (Å²) >= 11 is 0. The predicted octanol–water partition coefficient (Wildman–Crippen LogP) is 1.98. The van der Waals surface area contributed by atoms with Crippen LogP contribution in [-0.2, 0) is 11.2 Å².